The highest BCUT2D eigenvalue weighted by Gasteiger charge is 2.31. The molecule has 0 saturated carbocycles. The van der Waals surface area contributed by atoms with Crippen molar-refractivity contribution in [2.75, 3.05) is 26.2 Å². The minimum Gasteiger partial charge on any atom is -0.339 e. The Morgan fingerprint density at radius 1 is 0.816 bits per heavy atom. The molecule has 5 nitrogen and oxygen atoms in total. The van der Waals surface area contributed by atoms with Crippen LogP contribution in [0.1, 0.15) is 40.9 Å². The summed E-state index contributed by atoms with van der Waals surface area (Å²) in [7, 11) is 0. The smallest absolute Gasteiger partial charge is 0.255 e. The van der Waals surface area contributed by atoms with Gasteiger partial charge in [-0.1, -0.05) is 91.3 Å². The second-order valence-corrected chi connectivity index (χ2v) is 10.1. The second-order valence-electron chi connectivity index (χ2n) is 9.67. The molecule has 6 heteroatoms. The first-order valence-corrected chi connectivity index (χ1v) is 13.5. The lowest BCUT2D eigenvalue weighted by molar-refractivity contribution is -0.134. The highest BCUT2D eigenvalue weighted by molar-refractivity contribution is 6.32. The number of rotatable bonds is 6. The van der Waals surface area contributed by atoms with Crippen LogP contribution in [0.2, 0.25) is 5.02 Å². The number of aromatic nitrogens is 1. The molecule has 1 saturated heterocycles. The zero-order valence-electron chi connectivity index (χ0n) is 21.8. The van der Waals surface area contributed by atoms with Gasteiger partial charge in [0.05, 0.1) is 27.9 Å². The van der Waals surface area contributed by atoms with Gasteiger partial charge in [-0.2, -0.15) is 0 Å². The lowest BCUT2D eigenvalue weighted by Crippen LogP contribution is -2.51. The first-order chi connectivity index (χ1) is 18.5. The number of carbonyl (C=O) groups excluding carboxylic acids is 2. The Labute approximate surface area is 229 Å². The summed E-state index contributed by atoms with van der Waals surface area (Å²) in [5.41, 5.74) is 5.31. The van der Waals surface area contributed by atoms with Crippen LogP contribution in [0.3, 0.4) is 0 Å². The molecule has 0 radical (unpaired) electrons. The molecule has 38 heavy (non-hydrogen) atoms. The minimum atomic E-state index is -0.154. The molecule has 1 aliphatic heterocycles. The van der Waals surface area contributed by atoms with Gasteiger partial charge in [-0.15, -0.1) is 0 Å². The molecule has 3 aromatic carbocycles. The van der Waals surface area contributed by atoms with Crippen LogP contribution in [0.4, 0.5) is 0 Å². The van der Waals surface area contributed by atoms with Crippen LogP contribution in [0.15, 0.2) is 91.0 Å². The molecule has 0 bridgehead atoms. The Kier molecular flexibility index (Phi) is 7.66. The van der Waals surface area contributed by atoms with Crippen molar-refractivity contribution >= 4 is 23.4 Å². The van der Waals surface area contributed by atoms with E-state index in [2.05, 4.69) is 4.57 Å². The van der Waals surface area contributed by atoms with E-state index >= 15 is 0 Å². The molecule has 1 atom stereocenters. The summed E-state index contributed by atoms with van der Waals surface area (Å²) in [6.45, 7) is 6.09. The fraction of sp³-hybridized carbons (Fsp3) is 0.250. The van der Waals surface area contributed by atoms with Gasteiger partial charge in [0.25, 0.3) is 5.91 Å². The van der Waals surface area contributed by atoms with Gasteiger partial charge >= 0.3 is 0 Å². The van der Waals surface area contributed by atoms with Crippen molar-refractivity contribution in [2.45, 2.75) is 26.2 Å². The Morgan fingerprint density at radius 2 is 1.39 bits per heavy atom. The van der Waals surface area contributed by atoms with Crippen molar-refractivity contribution in [3.63, 3.8) is 0 Å². The zero-order chi connectivity index (χ0) is 26.6. The summed E-state index contributed by atoms with van der Waals surface area (Å²) in [5.74, 6) is -0.0373. The maximum absolute atomic E-state index is 13.8. The van der Waals surface area contributed by atoms with Crippen LogP contribution in [0.5, 0.6) is 0 Å². The summed E-state index contributed by atoms with van der Waals surface area (Å²) in [6, 6.07) is 29.6. The van der Waals surface area contributed by atoms with Crippen LogP contribution >= 0.6 is 11.6 Å². The average molecular weight is 526 g/mol. The van der Waals surface area contributed by atoms with E-state index in [1.54, 1.807) is 0 Å². The molecular weight excluding hydrogens is 494 g/mol. The van der Waals surface area contributed by atoms with Gasteiger partial charge < -0.3 is 14.4 Å². The van der Waals surface area contributed by atoms with Crippen LogP contribution < -0.4 is 0 Å². The number of amides is 2. The maximum Gasteiger partial charge on any atom is 0.255 e. The summed E-state index contributed by atoms with van der Waals surface area (Å²) < 4.78 is 2.07. The van der Waals surface area contributed by atoms with Crippen molar-refractivity contribution in [1.29, 1.82) is 0 Å². The third-order valence-corrected chi connectivity index (χ3v) is 7.75. The summed E-state index contributed by atoms with van der Waals surface area (Å²) in [6.07, 6.45) is 0.749. The van der Waals surface area contributed by atoms with E-state index < -0.39 is 0 Å². The number of piperazine rings is 1. The van der Waals surface area contributed by atoms with Crippen LogP contribution in [0, 0.1) is 6.92 Å². The van der Waals surface area contributed by atoms with Gasteiger partial charge in [-0.25, -0.2) is 0 Å². The second kappa shape index (κ2) is 11.3. The van der Waals surface area contributed by atoms with Gasteiger partial charge in [-0.3, -0.25) is 9.59 Å². The number of nitrogens with zero attached hydrogens (tertiary/aromatic N) is 3. The molecule has 1 unspecified atom stereocenters. The molecular formula is C32H32ClN3O2. The number of halogens is 1. The van der Waals surface area contributed by atoms with E-state index in [-0.39, 0.29) is 17.7 Å². The highest BCUT2D eigenvalue weighted by Crippen LogP contribution is 2.33. The van der Waals surface area contributed by atoms with Crippen molar-refractivity contribution < 1.29 is 9.59 Å². The number of para-hydroxylation sites is 1. The third-order valence-electron chi connectivity index (χ3n) is 7.43. The maximum atomic E-state index is 13.8. The predicted molar refractivity (Wildman–Crippen MR) is 153 cm³/mol. The lowest BCUT2D eigenvalue weighted by Gasteiger charge is -2.36. The molecule has 4 aromatic rings. The van der Waals surface area contributed by atoms with Crippen LogP contribution in [-0.4, -0.2) is 52.4 Å². The summed E-state index contributed by atoms with van der Waals surface area (Å²) in [4.78, 5) is 30.9. The van der Waals surface area contributed by atoms with Gasteiger partial charge in [0.15, 0.2) is 0 Å². The van der Waals surface area contributed by atoms with E-state index in [0.717, 1.165) is 34.6 Å². The van der Waals surface area contributed by atoms with E-state index in [1.165, 1.54) is 0 Å². The molecule has 0 aliphatic carbocycles. The first-order valence-electron chi connectivity index (χ1n) is 13.1. The van der Waals surface area contributed by atoms with Gasteiger partial charge in [0, 0.05) is 31.9 Å². The van der Waals surface area contributed by atoms with E-state index in [9.17, 15) is 9.59 Å². The molecule has 1 aromatic heterocycles. The number of carbonyl (C=O) groups is 2. The topological polar surface area (TPSA) is 45.6 Å². The Bertz CT molecular complexity index is 1420. The molecule has 0 spiro atoms. The Balaban J connectivity index is 1.39. The fourth-order valence-electron chi connectivity index (χ4n) is 5.35. The molecule has 1 fully saturated rings. The average Bonchev–Trinajstić information content (AvgIpc) is 3.31. The number of hydrogen-bond acceptors (Lipinski definition) is 2. The predicted octanol–water partition coefficient (Wildman–Crippen LogP) is 6.58. The highest BCUT2D eigenvalue weighted by atomic mass is 35.5. The van der Waals surface area contributed by atoms with Crippen molar-refractivity contribution in [3.05, 3.63) is 113 Å². The molecule has 2 heterocycles. The quantitative estimate of drug-likeness (QED) is 0.285. The largest absolute Gasteiger partial charge is 0.339 e. The normalized spacial score (nSPS) is 14.4. The van der Waals surface area contributed by atoms with E-state index in [1.807, 2.05) is 115 Å². The van der Waals surface area contributed by atoms with Crippen molar-refractivity contribution in [2.24, 2.45) is 0 Å². The van der Waals surface area contributed by atoms with Gasteiger partial charge in [-0.05, 0) is 42.7 Å². The molecule has 0 N–H and O–H groups in total. The standard InChI is InChI=1S/C32H32ClN3O2/c1-3-26(24-12-6-4-7-13-24)31(37)34-18-20-35(21-19-34)32(38)27-22-30(25-14-8-5-9-15-25)36(23(27)2)29-17-11-10-16-28(29)33/h4-17,22,26H,3,18-21H2,1-2H3. The van der Waals surface area contributed by atoms with Crippen LogP contribution in [0.25, 0.3) is 16.9 Å². The third kappa shape index (κ3) is 4.99. The Morgan fingerprint density at radius 3 is 2.03 bits per heavy atom. The van der Waals surface area contributed by atoms with Gasteiger partial charge in [0.2, 0.25) is 5.91 Å². The van der Waals surface area contributed by atoms with Gasteiger partial charge in [0.1, 0.15) is 0 Å². The number of hydrogen-bond donors (Lipinski definition) is 0. The van der Waals surface area contributed by atoms with E-state index in [0.29, 0.717) is 36.8 Å². The SMILES string of the molecule is CCC(C(=O)N1CCN(C(=O)c2cc(-c3ccccc3)n(-c3ccccc3Cl)c2C)CC1)c1ccccc1. The number of benzene rings is 3. The molecule has 5 rings (SSSR count). The first kappa shape index (κ1) is 25.8. The zero-order valence-corrected chi connectivity index (χ0v) is 22.6. The lowest BCUT2D eigenvalue weighted by atomic mass is 9.95. The monoisotopic (exact) mass is 525 g/mol. The molecule has 194 valence electrons. The van der Waals surface area contributed by atoms with Crippen molar-refractivity contribution in [3.8, 4) is 16.9 Å². The molecule has 1 aliphatic rings. The molecule has 2 amide bonds. The summed E-state index contributed by atoms with van der Waals surface area (Å²) >= 11 is 6.60. The fourth-order valence-corrected chi connectivity index (χ4v) is 5.57. The van der Waals surface area contributed by atoms with E-state index in [4.69, 9.17) is 11.6 Å². The minimum absolute atomic E-state index is 0.0207. The summed E-state index contributed by atoms with van der Waals surface area (Å²) in [5, 5.41) is 0.624. The van der Waals surface area contributed by atoms with Crippen molar-refractivity contribution in [1.82, 2.24) is 14.4 Å². The Hall–Kier alpha value is -3.83. The van der Waals surface area contributed by atoms with Crippen LogP contribution in [-0.2, 0) is 4.79 Å².